The number of rotatable bonds is 12. The summed E-state index contributed by atoms with van der Waals surface area (Å²) >= 11 is 0. The fraction of sp³-hybridized carbons (Fsp3) is 0.310. The van der Waals surface area contributed by atoms with Crippen molar-refractivity contribution in [2.45, 2.75) is 32.7 Å². The van der Waals surface area contributed by atoms with Crippen LogP contribution in [0.1, 0.15) is 34.6 Å². The van der Waals surface area contributed by atoms with E-state index in [2.05, 4.69) is 35.0 Å². The Morgan fingerprint density at radius 1 is 0.944 bits per heavy atom. The Bertz CT molecular complexity index is 1300. The minimum atomic E-state index is -0.160. The predicted molar refractivity (Wildman–Crippen MR) is 141 cm³/mol. The molecule has 4 rings (SSSR count). The molecule has 4 aromatic rings. The summed E-state index contributed by atoms with van der Waals surface area (Å²) in [6.45, 7) is 4.06. The average molecular weight is 488 g/mol. The molecule has 1 N–H and O–H groups in total. The number of hydrogen-bond acceptors (Lipinski definition) is 5. The van der Waals surface area contributed by atoms with E-state index in [1.807, 2.05) is 30.3 Å². The first-order valence-electron chi connectivity index (χ1n) is 12.2. The van der Waals surface area contributed by atoms with Gasteiger partial charge in [0.15, 0.2) is 11.5 Å². The zero-order valence-electron chi connectivity index (χ0n) is 21.1. The van der Waals surface area contributed by atoms with Crippen molar-refractivity contribution >= 4 is 16.9 Å². The Labute approximate surface area is 212 Å². The number of carbonyl (C=O) groups excluding carboxylic acids is 1. The SMILES string of the molecule is COc1ccc(C(=O)NCCc2nc3ccccc3n2CCCCOc2ccc(C)cc2)cc1OC. The molecule has 0 aliphatic carbocycles. The molecule has 1 heterocycles. The van der Waals surface area contributed by atoms with Gasteiger partial charge in [-0.2, -0.15) is 0 Å². The molecule has 7 heteroatoms. The van der Waals surface area contributed by atoms with E-state index in [1.54, 1.807) is 32.4 Å². The highest BCUT2D eigenvalue weighted by atomic mass is 16.5. The van der Waals surface area contributed by atoms with E-state index in [0.717, 1.165) is 42.0 Å². The molecule has 1 amide bonds. The Hall–Kier alpha value is -4.00. The van der Waals surface area contributed by atoms with Crippen molar-refractivity contribution in [1.29, 1.82) is 0 Å². The van der Waals surface area contributed by atoms with Crippen LogP contribution in [0.25, 0.3) is 11.0 Å². The number of hydrogen-bond donors (Lipinski definition) is 1. The summed E-state index contributed by atoms with van der Waals surface area (Å²) in [7, 11) is 3.12. The van der Waals surface area contributed by atoms with Gasteiger partial charge in [0.05, 0.1) is 31.9 Å². The molecule has 1 aromatic heterocycles. The lowest BCUT2D eigenvalue weighted by Crippen LogP contribution is -2.26. The summed E-state index contributed by atoms with van der Waals surface area (Å²) in [5, 5.41) is 3.00. The van der Waals surface area contributed by atoms with Crippen molar-refractivity contribution in [1.82, 2.24) is 14.9 Å². The average Bonchev–Trinajstić information content (AvgIpc) is 3.26. The van der Waals surface area contributed by atoms with E-state index >= 15 is 0 Å². The smallest absolute Gasteiger partial charge is 0.251 e. The summed E-state index contributed by atoms with van der Waals surface area (Å²) in [6.07, 6.45) is 2.54. The Morgan fingerprint density at radius 3 is 2.50 bits per heavy atom. The van der Waals surface area contributed by atoms with Crippen molar-refractivity contribution < 1.29 is 19.0 Å². The third kappa shape index (κ3) is 6.16. The first kappa shape index (κ1) is 25.1. The number of unbranched alkanes of at least 4 members (excludes halogenated alkanes) is 1. The zero-order chi connectivity index (χ0) is 25.3. The largest absolute Gasteiger partial charge is 0.494 e. The number of imidazole rings is 1. The highest BCUT2D eigenvalue weighted by Crippen LogP contribution is 2.27. The molecule has 36 heavy (non-hydrogen) atoms. The minimum absolute atomic E-state index is 0.160. The number of aromatic nitrogens is 2. The van der Waals surface area contributed by atoms with Crippen LogP contribution in [0.5, 0.6) is 17.2 Å². The lowest BCUT2D eigenvalue weighted by atomic mass is 10.2. The molecule has 0 bridgehead atoms. The van der Waals surface area contributed by atoms with Gasteiger partial charge in [-0.1, -0.05) is 29.8 Å². The van der Waals surface area contributed by atoms with Crippen LogP contribution >= 0.6 is 0 Å². The number of nitrogens with zero attached hydrogens (tertiary/aromatic N) is 2. The third-order valence-corrected chi connectivity index (χ3v) is 6.08. The van der Waals surface area contributed by atoms with E-state index < -0.39 is 0 Å². The number of para-hydroxylation sites is 2. The van der Waals surface area contributed by atoms with Gasteiger partial charge < -0.3 is 24.1 Å². The molecule has 7 nitrogen and oxygen atoms in total. The van der Waals surface area contributed by atoms with Crippen LogP contribution in [0.15, 0.2) is 66.7 Å². The van der Waals surface area contributed by atoms with Gasteiger partial charge in [-0.05, 0) is 62.2 Å². The van der Waals surface area contributed by atoms with E-state index in [4.69, 9.17) is 19.2 Å². The maximum absolute atomic E-state index is 12.7. The van der Waals surface area contributed by atoms with Gasteiger partial charge in [-0.25, -0.2) is 4.98 Å². The van der Waals surface area contributed by atoms with Gasteiger partial charge in [0.25, 0.3) is 5.91 Å². The van der Waals surface area contributed by atoms with Crippen LogP contribution in [0.2, 0.25) is 0 Å². The first-order valence-corrected chi connectivity index (χ1v) is 12.2. The molecule has 188 valence electrons. The van der Waals surface area contributed by atoms with Crippen LogP contribution in [0.3, 0.4) is 0 Å². The van der Waals surface area contributed by atoms with Gasteiger partial charge in [-0.3, -0.25) is 4.79 Å². The topological polar surface area (TPSA) is 74.6 Å². The number of carbonyl (C=O) groups is 1. The second-order valence-electron chi connectivity index (χ2n) is 8.61. The normalized spacial score (nSPS) is 10.9. The van der Waals surface area contributed by atoms with Crippen molar-refractivity contribution in [3.05, 3.63) is 83.7 Å². The van der Waals surface area contributed by atoms with Crippen molar-refractivity contribution in [3.8, 4) is 17.2 Å². The van der Waals surface area contributed by atoms with Crippen LogP contribution in [-0.2, 0) is 13.0 Å². The maximum atomic E-state index is 12.7. The summed E-state index contributed by atoms with van der Waals surface area (Å²) in [5.41, 5.74) is 3.82. The summed E-state index contributed by atoms with van der Waals surface area (Å²) < 4.78 is 18.7. The monoisotopic (exact) mass is 487 g/mol. The van der Waals surface area contributed by atoms with Crippen molar-refractivity contribution in [3.63, 3.8) is 0 Å². The number of ether oxygens (including phenoxy) is 3. The molecule has 0 unspecified atom stereocenters. The molecule has 0 atom stereocenters. The molecule has 0 radical (unpaired) electrons. The molecular weight excluding hydrogens is 454 g/mol. The van der Waals surface area contributed by atoms with Gasteiger partial charge in [0.2, 0.25) is 0 Å². The molecule has 0 aliphatic heterocycles. The third-order valence-electron chi connectivity index (χ3n) is 6.08. The minimum Gasteiger partial charge on any atom is -0.494 e. The highest BCUT2D eigenvalue weighted by molar-refractivity contribution is 5.94. The van der Waals surface area contributed by atoms with Crippen molar-refractivity contribution in [2.75, 3.05) is 27.4 Å². The number of fused-ring (bicyclic) bond motifs is 1. The van der Waals surface area contributed by atoms with Gasteiger partial charge in [-0.15, -0.1) is 0 Å². The molecule has 0 spiro atoms. The molecule has 3 aromatic carbocycles. The van der Waals surface area contributed by atoms with E-state index in [1.165, 1.54) is 5.56 Å². The summed E-state index contributed by atoms with van der Waals surface area (Å²) in [4.78, 5) is 17.5. The number of nitrogens with one attached hydrogen (secondary N) is 1. The van der Waals surface area contributed by atoms with E-state index in [0.29, 0.717) is 36.6 Å². The summed E-state index contributed by atoms with van der Waals surface area (Å²) in [6, 6.07) is 21.4. The van der Waals surface area contributed by atoms with Crippen LogP contribution < -0.4 is 19.5 Å². The van der Waals surface area contributed by atoms with Gasteiger partial charge in [0, 0.05) is 25.1 Å². The standard InChI is InChI=1S/C29H33N3O4/c1-21-10-13-23(14-11-21)36-19-7-6-18-32-25-9-5-4-8-24(25)31-28(32)16-17-30-29(33)22-12-15-26(34-2)27(20-22)35-3/h4-5,8-15,20H,6-7,16-19H2,1-3H3,(H,30,33). The fourth-order valence-corrected chi connectivity index (χ4v) is 4.13. The fourth-order valence-electron chi connectivity index (χ4n) is 4.13. The van der Waals surface area contributed by atoms with Gasteiger partial charge >= 0.3 is 0 Å². The number of benzene rings is 3. The predicted octanol–water partition coefficient (Wildman–Crippen LogP) is 5.19. The van der Waals surface area contributed by atoms with E-state index in [-0.39, 0.29) is 5.91 Å². The van der Waals surface area contributed by atoms with Crippen LogP contribution in [0, 0.1) is 6.92 Å². The van der Waals surface area contributed by atoms with Crippen LogP contribution in [0.4, 0.5) is 0 Å². The maximum Gasteiger partial charge on any atom is 0.251 e. The number of aryl methyl sites for hydroxylation is 2. The number of amides is 1. The Kier molecular flexibility index (Phi) is 8.44. The van der Waals surface area contributed by atoms with Crippen LogP contribution in [-0.4, -0.2) is 42.8 Å². The lowest BCUT2D eigenvalue weighted by molar-refractivity contribution is 0.0953. The quantitative estimate of drug-likeness (QED) is 0.278. The summed E-state index contributed by atoms with van der Waals surface area (Å²) in [5.74, 6) is 2.82. The zero-order valence-corrected chi connectivity index (χ0v) is 21.1. The second kappa shape index (κ2) is 12.1. The highest BCUT2D eigenvalue weighted by Gasteiger charge is 2.13. The van der Waals surface area contributed by atoms with Gasteiger partial charge in [0.1, 0.15) is 11.6 Å². The van der Waals surface area contributed by atoms with E-state index in [9.17, 15) is 4.79 Å². The Morgan fingerprint density at radius 2 is 1.72 bits per heavy atom. The molecule has 0 fully saturated rings. The molecule has 0 aliphatic rings. The lowest BCUT2D eigenvalue weighted by Gasteiger charge is -2.12. The van der Waals surface area contributed by atoms with Crippen molar-refractivity contribution in [2.24, 2.45) is 0 Å². The first-order chi connectivity index (χ1) is 17.6. The Balaban J connectivity index is 1.34. The number of methoxy groups -OCH3 is 2. The molecule has 0 saturated heterocycles. The second-order valence-corrected chi connectivity index (χ2v) is 8.61. The molecule has 0 saturated carbocycles. The molecular formula is C29H33N3O4.